The molecule has 0 aromatic heterocycles. The Bertz CT molecular complexity index is 983. The van der Waals surface area contributed by atoms with Crippen LogP contribution in [-0.2, 0) is 14.9 Å². The molecular formula is C29H42N4O2. The zero-order valence-corrected chi connectivity index (χ0v) is 21.8. The number of nitrogens with two attached hydrogens (primary N) is 1. The quantitative estimate of drug-likeness (QED) is 0.574. The number of piperazine rings is 1. The molecule has 190 valence electrons. The highest BCUT2D eigenvalue weighted by molar-refractivity contribution is 5.77. The zero-order chi connectivity index (χ0) is 25.0. The first-order valence-electron chi connectivity index (χ1n) is 13.1. The molecule has 0 bridgehead atoms. The molecule has 1 heterocycles. The zero-order valence-electron chi connectivity index (χ0n) is 21.8. The van der Waals surface area contributed by atoms with Gasteiger partial charge in [0.05, 0.1) is 6.10 Å². The lowest BCUT2D eigenvalue weighted by Crippen LogP contribution is -2.50. The molecule has 3 N–H and O–H groups in total. The van der Waals surface area contributed by atoms with Gasteiger partial charge in [0, 0.05) is 49.3 Å². The molecule has 0 atom stereocenters. The smallest absolute Gasteiger partial charge is 0.248 e. The third-order valence-corrected chi connectivity index (χ3v) is 7.49. The molecule has 1 saturated carbocycles. The molecular weight excluding hydrogens is 436 g/mol. The number of hydrogen-bond acceptors (Lipinski definition) is 5. The Morgan fingerprint density at radius 3 is 2.26 bits per heavy atom. The van der Waals surface area contributed by atoms with Gasteiger partial charge in [-0.2, -0.15) is 0 Å². The van der Waals surface area contributed by atoms with E-state index in [-0.39, 0.29) is 24.0 Å². The fraction of sp³-hybridized carbons (Fsp3) is 0.552. The van der Waals surface area contributed by atoms with Crippen LogP contribution >= 0.6 is 0 Å². The summed E-state index contributed by atoms with van der Waals surface area (Å²) in [6.45, 7) is 12.2. The lowest BCUT2D eigenvalue weighted by atomic mass is 9.87. The van der Waals surface area contributed by atoms with Crippen LogP contribution in [0.25, 0.3) is 0 Å². The van der Waals surface area contributed by atoms with Gasteiger partial charge in [-0.25, -0.2) is 0 Å². The largest absolute Gasteiger partial charge is 0.399 e. The predicted octanol–water partition coefficient (Wildman–Crippen LogP) is 4.96. The van der Waals surface area contributed by atoms with Crippen LogP contribution in [0.2, 0.25) is 0 Å². The van der Waals surface area contributed by atoms with Gasteiger partial charge in [-0.15, -0.1) is 0 Å². The van der Waals surface area contributed by atoms with Crippen LogP contribution in [0.3, 0.4) is 0 Å². The summed E-state index contributed by atoms with van der Waals surface area (Å²) in [4.78, 5) is 17.1. The normalized spacial score (nSPS) is 21.1. The van der Waals surface area contributed by atoms with Gasteiger partial charge >= 0.3 is 0 Å². The highest BCUT2D eigenvalue weighted by Gasteiger charge is 2.25. The first kappa shape index (κ1) is 25.4. The maximum Gasteiger partial charge on any atom is 0.248 e. The molecule has 1 aliphatic carbocycles. The Morgan fingerprint density at radius 1 is 1.00 bits per heavy atom. The average Bonchev–Trinajstić information content (AvgIpc) is 2.85. The topological polar surface area (TPSA) is 70.8 Å². The second kappa shape index (κ2) is 10.9. The molecule has 1 aliphatic heterocycles. The van der Waals surface area contributed by atoms with Crippen molar-refractivity contribution in [1.82, 2.24) is 4.90 Å². The van der Waals surface area contributed by atoms with Gasteiger partial charge in [-0.1, -0.05) is 32.9 Å². The van der Waals surface area contributed by atoms with Gasteiger partial charge < -0.3 is 25.6 Å². The molecule has 1 saturated heterocycles. The number of carbonyl (C=O) groups excluding carboxylic acids is 1. The molecule has 6 nitrogen and oxygen atoms in total. The van der Waals surface area contributed by atoms with E-state index in [9.17, 15) is 4.79 Å². The van der Waals surface area contributed by atoms with E-state index < -0.39 is 0 Å². The van der Waals surface area contributed by atoms with Gasteiger partial charge in [-0.3, -0.25) is 4.79 Å². The van der Waals surface area contributed by atoms with E-state index in [1.165, 1.54) is 11.3 Å². The van der Waals surface area contributed by atoms with E-state index in [1.54, 1.807) is 0 Å². The molecule has 2 aromatic rings. The van der Waals surface area contributed by atoms with Crippen LogP contribution in [0.5, 0.6) is 0 Å². The number of carbonyl (C=O) groups is 1. The van der Waals surface area contributed by atoms with Crippen LogP contribution in [0, 0.1) is 6.92 Å². The van der Waals surface area contributed by atoms with Crippen molar-refractivity contribution >= 4 is 23.0 Å². The number of aryl methyl sites for hydroxylation is 1. The third kappa shape index (κ3) is 6.69. The second-order valence-corrected chi connectivity index (χ2v) is 11.2. The highest BCUT2D eigenvalue weighted by Crippen LogP contribution is 2.27. The van der Waals surface area contributed by atoms with Crippen LogP contribution in [-0.4, -0.2) is 55.7 Å². The van der Waals surface area contributed by atoms with E-state index in [0.29, 0.717) is 6.04 Å². The third-order valence-electron chi connectivity index (χ3n) is 7.49. The van der Waals surface area contributed by atoms with Crippen molar-refractivity contribution in [2.45, 2.75) is 70.9 Å². The summed E-state index contributed by atoms with van der Waals surface area (Å²) in [5.74, 6) is 0.116. The minimum Gasteiger partial charge on any atom is -0.399 e. The maximum atomic E-state index is 12.8. The van der Waals surface area contributed by atoms with Gasteiger partial charge in [0.25, 0.3) is 0 Å². The Kier molecular flexibility index (Phi) is 7.90. The molecule has 6 heteroatoms. The van der Waals surface area contributed by atoms with E-state index in [1.807, 2.05) is 24.0 Å². The summed E-state index contributed by atoms with van der Waals surface area (Å²) in [7, 11) is 0. The standard InChI is InChI=1S/C29H42N4O2/c1-21-19-24(9-14-27(21)30)31-23-7-12-26(13-8-23)35-20-28(34)33-17-15-32(16-18-33)25-10-5-22(6-11-25)29(2,3)4/h5-6,9-11,14,19,23,26,31H,7-8,12-13,15-18,20,30H2,1-4H3. The van der Waals surface area contributed by atoms with Crippen molar-refractivity contribution in [3.8, 4) is 0 Å². The molecule has 0 unspecified atom stereocenters. The number of hydrogen-bond donors (Lipinski definition) is 2. The van der Waals surface area contributed by atoms with Gasteiger partial charge in [0.1, 0.15) is 6.61 Å². The summed E-state index contributed by atoms with van der Waals surface area (Å²) in [6.07, 6.45) is 4.24. The number of nitrogens with zero attached hydrogens (tertiary/aromatic N) is 2. The molecule has 2 aromatic carbocycles. The Balaban J connectivity index is 1.16. The molecule has 2 fully saturated rings. The Labute approximate surface area is 210 Å². The Morgan fingerprint density at radius 2 is 1.66 bits per heavy atom. The van der Waals surface area contributed by atoms with Crippen molar-refractivity contribution in [3.63, 3.8) is 0 Å². The highest BCUT2D eigenvalue weighted by atomic mass is 16.5. The number of rotatable bonds is 6. The van der Waals surface area contributed by atoms with Crippen LogP contribution in [0.15, 0.2) is 42.5 Å². The molecule has 0 radical (unpaired) electrons. The van der Waals surface area contributed by atoms with E-state index >= 15 is 0 Å². The molecule has 35 heavy (non-hydrogen) atoms. The lowest BCUT2D eigenvalue weighted by molar-refractivity contribution is -0.139. The minimum atomic E-state index is 0.116. The number of amides is 1. The number of nitrogen functional groups attached to an aromatic ring is 1. The number of benzene rings is 2. The maximum absolute atomic E-state index is 12.8. The first-order valence-corrected chi connectivity index (χ1v) is 13.1. The lowest BCUT2D eigenvalue weighted by Gasteiger charge is -2.37. The van der Waals surface area contributed by atoms with Gasteiger partial charge in [-0.05, 0) is 79.5 Å². The fourth-order valence-electron chi connectivity index (χ4n) is 5.04. The van der Waals surface area contributed by atoms with E-state index in [4.69, 9.17) is 10.5 Å². The van der Waals surface area contributed by atoms with Crippen molar-refractivity contribution in [3.05, 3.63) is 53.6 Å². The summed E-state index contributed by atoms with van der Waals surface area (Å²) in [6, 6.07) is 15.4. The second-order valence-electron chi connectivity index (χ2n) is 11.2. The fourth-order valence-corrected chi connectivity index (χ4v) is 5.04. The SMILES string of the molecule is Cc1cc(NC2CCC(OCC(=O)N3CCN(c4ccc(C(C)(C)C)cc4)CC3)CC2)ccc1N. The molecule has 2 aliphatic rings. The minimum absolute atomic E-state index is 0.116. The summed E-state index contributed by atoms with van der Waals surface area (Å²) in [5.41, 5.74) is 11.7. The van der Waals surface area contributed by atoms with E-state index in [0.717, 1.165) is 68.8 Å². The monoisotopic (exact) mass is 478 g/mol. The molecule has 4 rings (SSSR count). The van der Waals surface area contributed by atoms with Gasteiger partial charge in [0.15, 0.2) is 0 Å². The van der Waals surface area contributed by atoms with Crippen LogP contribution in [0.1, 0.15) is 57.6 Å². The van der Waals surface area contributed by atoms with Crippen molar-refractivity contribution in [1.29, 1.82) is 0 Å². The number of ether oxygens (including phenoxy) is 1. The molecule has 0 spiro atoms. The summed E-state index contributed by atoms with van der Waals surface area (Å²) < 4.78 is 6.04. The average molecular weight is 479 g/mol. The predicted molar refractivity (Wildman–Crippen MR) is 145 cm³/mol. The van der Waals surface area contributed by atoms with Crippen molar-refractivity contribution in [2.24, 2.45) is 0 Å². The van der Waals surface area contributed by atoms with Crippen molar-refractivity contribution in [2.75, 3.05) is 48.7 Å². The number of nitrogens with one attached hydrogen (secondary N) is 1. The van der Waals surface area contributed by atoms with E-state index in [2.05, 4.69) is 61.3 Å². The van der Waals surface area contributed by atoms with Crippen molar-refractivity contribution < 1.29 is 9.53 Å². The van der Waals surface area contributed by atoms with Gasteiger partial charge in [0.2, 0.25) is 5.91 Å². The summed E-state index contributed by atoms with van der Waals surface area (Å²) >= 11 is 0. The summed E-state index contributed by atoms with van der Waals surface area (Å²) in [5, 5.41) is 3.62. The van der Waals surface area contributed by atoms with Crippen LogP contribution in [0.4, 0.5) is 17.1 Å². The number of anilines is 3. The Hall–Kier alpha value is -2.73. The first-order chi connectivity index (χ1) is 16.7. The van der Waals surface area contributed by atoms with Crippen LogP contribution < -0.4 is 16.0 Å². The molecule has 1 amide bonds.